The van der Waals surface area contributed by atoms with Gasteiger partial charge in [0.05, 0.1) is 17.8 Å². The topological polar surface area (TPSA) is 90.9 Å². The van der Waals surface area contributed by atoms with Crippen LogP contribution in [0.3, 0.4) is 0 Å². The maximum atomic E-state index is 12.8. The minimum atomic E-state index is -0.908. The van der Waals surface area contributed by atoms with Crippen molar-refractivity contribution in [3.05, 3.63) is 99.6 Å². The molecule has 0 aliphatic carbocycles. The number of aliphatic hydroxyl groups excluding tert-OH is 2. The molecule has 0 spiro atoms. The van der Waals surface area contributed by atoms with E-state index in [1.165, 1.54) is 6.07 Å². The average molecular weight is 394 g/mol. The van der Waals surface area contributed by atoms with Gasteiger partial charge in [-0.2, -0.15) is 0 Å². The lowest BCUT2D eigenvalue weighted by molar-refractivity contribution is 0.146. The third-order valence-electron chi connectivity index (χ3n) is 5.18. The van der Waals surface area contributed by atoms with E-state index in [2.05, 4.69) is 0 Å². The molecule has 5 heteroatoms. The average Bonchev–Trinajstić information content (AvgIpc) is 2.69. The Morgan fingerprint density at radius 2 is 1.48 bits per heavy atom. The van der Waals surface area contributed by atoms with Crippen molar-refractivity contribution in [3.8, 4) is 5.75 Å². The van der Waals surface area contributed by atoms with Crippen LogP contribution in [-0.4, -0.2) is 27.5 Å². The highest BCUT2D eigenvalue weighted by molar-refractivity contribution is 5.41. The lowest BCUT2D eigenvalue weighted by Crippen LogP contribution is -2.25. The SMILES string of the molecule is CC(O)C(Cc1ccccc1)c1cc(O)c(C(c2ccccc2)C(C)O)c(=O)o1. The quantitative estimate of drug-likeness (QED) is 0.570. The molecule has 152 valence electrons. The van der Waals surface area contributed by atoms with Gasteiger partial charge >= 0.3 is 5.63 Å². The fraction of sp³-hybridized carbons (Fsp3) is 0.292. The largest absolute Gasteiger partial charge is 0.507 e. The summed E-state index contributed by atoms with van der Waals surface area (Å²) in [5.41, 5.74) is 0.984. The van der Waals surface area contributed by atoms with Gasteiger partial charge in [0.1, 0.15) is 11.5 Å². The third-order valence-corrected chi connectivity index (χ3v) is 5.18. The summed E-state index contributed by atoms with van der Waals surface area (Å²) in [5.74, 6) is -1.25. The summed E-state index contributed by atoms with van der Waals surface area (Å²) in [6.07, 6.45) is -1.24. The van der Waals surface area contributed by atoms with E-state index < -0.39 is 29.7 Å². The van der Waals surface area contributed by atoms with Crippen LogP contribution in [0, 0.1) is 0 Å². The zero-order valence-electron chi connectivity index (χ0n) is 16.5. The lowest BCUT2D eigenvalue weighted by atomic mass is 9.86. The summed E-state index contributed by atoms with van der Waals surface area (Å²) in [6, 6.07) is 20.0. The Morgan fingerprint density at radius 1 is 0.897 bits per heavy atom. The van der Waals surface area contributed by atoms with Crippen molar-refractivity contribution >= 4 is 0 Å². The molecule has 0 aliphatic rings. The summed E-state index contributed by atoms with van der Waals surface area (Å²) in [4.78, 5) is 12.8. The molecule has 2 aromatic carbocycles. The Balaban J connectivity index is 2.02. The molecule has 0 bridgehead atoms. The fourth-order valence-corrected chi connectivity index (χ4v) is 3.70. The second-order valence-electron chi connectivity index (χ2n) is 7.40. The van der Waals surface area contributed by atoms with Crippen molar-refractivity contribution in [3.63, 3.8) is 0 Å². The molecule has 3 rings (SSSR count). The first-order valence-electron chi connectivity index (χ1n) is 9.70. The highest BCUT2D eigenvalue weighted by Gasteiger charge is 2.29. The molecule has 29 heavy (non-hydrogen) atoms. The molecular weight excluding hydrogens is 368 g/mol. The molecule has 5 nitrogen and oxygen atoms in total. The molecule has 0 aliphatic heterocycles. The predicted molar refractivity (Wildman–Crippen MR) is 111 cm³/mol. The first kappa shape index (κ1) is 20.8. The van der Waals surface area contributed by atoms with Gasteiger partial charge < -0.3 is 19.7 Å². The van der Waals surface area contributed by atoms with Crippen molar-refractivity contribution in [1.29, 1.82) is 0 Å². The molecule has 3 aromatic rings. The van der Waals surface area contributed by atoms with Crippen LogP contribution in [0.5, 0.6) is 5.75 Å². The molecule has 4 atom stereocenters. The highest BCUT2D eigenvalue weighted by Crippen LogP contribution is 2.34. The molecule has 1 heterocycles. The Kier molecular flexibility index (Phi) is 6.52. The van der Waals surface area contributed by atoms with E-state index in [1.807, 2.05) is 36.4 Å². The molecule has 0 fully saturated rings. The van der Waals surface area contributed by atoms with Crippen LogP contribution in [0.4, 0.5) is 0 Å². The molecule has 3 N–H and O–H groups in total. The van der Waals surface area contributed by atoms with Crippen LogP contribution >= 0.6 is 0 Å². The second kappa shape index (κ2) is 9.07. The van der Waals surface area contributed by atoms with Crippen molar-refractivity contribution in [2.24, 2.45) is 0 Å². The van der Waals surface area contributed by atoms with Crippen molar-refractivity contribution in [2.75, 3.05) is 0 Å². The normalized spacial score (nSPS) is 15.4. The van der Waals surface area contributed by atoms with Gasteiger partial charge in [-0.05, 0) is 31.4 Å². The van der Waals surface area contributed by atoms with E-state index in [4.69, 9.17) is 4.42 Å². The first-order chi connectivity index (χ1) is 13.9. The summed E-state index contributed by atoms with van der Waals surface area (Å²) < 4.78 is 5.55. The van der Waals surface area contributed by atoms with Gasteiger partial charge in [-0.25, -0.2) is 4.79 Å². The number of benzene rings is 2. The van der Waals surface area contributed by atoms with E-state index >= 15 is 0 Å². The fourth-order valence-electron chi connectivity index (χ4n) is 3.70. The maximum Gasteiger partial charge on any atom is 0.343 e. The summed E-state index contributed by atoms with van der Waals surface area (Å²) in [6.45, 7) is 3.19. The summed E-state index contributed by atoms with van der Waals surface area (Å²) in [7, 11) is 0. The molecular formula is C24H26O5. The van der Waals surface area contributed by atoms with E-state index in [9.17, 15) is 20.1 Å². The maximum absolute atomic E-state index is 12.8. The molecule has 4 unspecified atom stereocenters. The van der Waals surface area contributed by atoms with Crippen LogP contribution in [0.1, 0.15) is 48.1 Å². The lowest BCUT2D eigenvalue weighted by Gasteiger charge is -2.23. The summed E-state index contributed by atoms with van der Waals surface area (Å²) >= 11 is 0. The Labute approximate surface area is 169 Å². The van der Waals surface area contributed by atoms with Gasteiger partial charge in [-0.1, -0.05) is 60.7 Å². The molecule has 0 amide bonds. The zero-order chi connectivity index (χ0) is 21.0. The number of rotatable bonds is 7. The van der Waals surface area contributed by atoms with Crippen LogP contribution in [0.2, 0.25) is 0 Å². The van der Waals surface area contributed by atoms with Crippen molar-refractivity contribution in [1.82, 2.24) is 0 Å². The molecule has 0 saturated heterocycles. The van der Waals surface area contributed by atoms with Crippen LogP contribution in [0.15, 0.2) is 75.9 Å². The molecule has 0 saturated carbocycles. The highest BCUT2D eigenvalue weighted by atomic mass is 16.4. The number of aromatic hydroxyl groups is 1. The predicted octanol–water partition coefficient (Wildman–Crippen LogP) is 3.57. The van der Waals surface area contributed by atoms with E-state index in [1.54, 1.807) is 38.1 Å². The second-order valence-corrected chi connectivity index (χ2v) is 7.40. The first-order valence-corrected chi connectivity index (χ1v) is 9.70. The van der Waals surface area contributed by atoms with Crippen LogP contribution in [0.25, 0.3) is 0 Å². The summed E-state index contributed by atoms with van der Waals surface area (Å²) in [5, 5.41) is 31.3. The minimum Gasteiger partial charge on any atom is -0.507 e. The van der Waals surface area contributed by atoms with Gasteiger partial charge in [-0.3, -0.25) is 0 Å². The smallest absolute Gasteiger partial charge is 0.343 e. The van der Waals surface area contributed by atoms with Crippen molar-refractivity contribution in [2.45, 2.75) is 44.3 Å². The van der Waals surface area contributed by atoms with E-state index in [0.29, 0.717) is 12.0 Å². The Bertz CT molecular complexity index is 977. The standard InChI is InChI=1S/C24H26O5/c1-15(25)19(13-17-9-5-3-6-10-17)21-14-20(27)23(24(28)29-21)22(16(2)26)18-11-7-4-8-12-18/h3-12,14-16,19,22,25-27H,13H2,1-2H3. The van der Waals surface area contributed by atoms with Gasteiger partial charge in [0, 0.05) is 17.9 Å². The van der Waals surface area contributed by atoms with Crippen molar-refractivity contribution < 1.29 is 19.7 Å². The Morgan fingerprint density at radius 3 is 2.00 bits per heavy atom. The molecule has 0 radical (unpaired) electrons. The monoisotopic (exact) mass is 394 g/mol. The number of hydrogen-bond donors (Lipinski definition) is 3. The molecule has 1 aromatic heterocycles. The van der Waals surface area contributed by atoms with Gasteiger partial charge in [0.25, 0.3) is 0 Å². The van der Waals surface area contributed by atoms with Gasteiger partial charge in [-0.15, -0.1) is 0 Å². The minimum absolute atomic E-state index is 0.0130. The third kappa shape index (κ3) is 4.75. The van der Waals surface area contributed by atoms with Crippen LogP contribution < -0.4 is 5.63 Å². The van der Waals surface area contributed by atoms with Gasteiger partial charge in [0.2, 0.25) is 0 Å². The zero-order valence-corrected chi connectivity index (χ0v) is 16.5. The Hall–Kier alpha value is -2.89. The van der Waals surface area contributed by atoms with E-state index in [-0.39, 0.29) is 17.1 Å². The number of hydrogen-bond acceptors (Lipinski definition) is 5. The van der Waals surface area contributed by atoms with Gasteiger partial charge in [0.15, 0.2) is 0 Å². The van der Waals surface area contributed by atoms with E-state index in [0.717, 1.165) is 5.56 Å². The van der Waals surface area contributed by atoms with Crippen LogP contribution in [-0.2, 0) is 6.42 Å². The number of aliphatic hydroxyl groups is 2.